The third-order valence-corrected chi connectivity index (χ3v) is 3.17. The van der Waals surface area contributed by atoms with E-state index in [1.165, 1.54) is 7.11 Å². The van der Waals surface area contributed by atoms with Crippen molar-refractivity contribution in [2.45, 2.75) is 45.4 Å². The fourth-order valence-corrected chi connectivity index (χ4v) is 1.61. The second-order valence-electron chi connectivity index (χ2n) is 3.95. The van der Waals surface area contributed by atoms with Crippen LogP contribution in [0.25, 0.3) is 0 Å². The standard InChI is InChI=1S/C12H22O3S/c1-10(12(16)15-3)8-6-4-5-7-9-11(13)14-2/h10H,4-9H2,1-3H3. The summed E-state index contributed by atoms with van der Waals surface area (Å²) in [6.45, 7) is 2.08. The van der Waals surface area contributed by atoms with Crippen molar-refractivity contribution in [2.75, 3.05) is 14.2 Å². The van der Waals surface area contributed by atoms with Crippen LogP contribution in [0.4, 0.5) is 0 Å². The molecule has 3 nitrogen and oxygen atoms in total. The van der Waals surface area contributed by atoms with Gasteiger partial charge in [0, 0.05) is 12.3 Å². The van der Waals surface area contributed by atoms with Gasteiger partial charge in [0.05, 0.1) is 14.2 Å². The highest BCUT2D eigenvalue weighted by Crippen LogP contribution is 2.13. The Bertz CT molecular complexity index is 216. The van der Waals surface area contributed by atoms with Crippen LogP contribution in [0.2, 0.25) is 0 Å². The molecule has 0 bridgehead atoms. The van der Waals surface area contributed by atoms with Gasteiger partial charge in [-0.25, -0.2) is 0 Å². The van der Waals surface area contributed by atoms with Crippen LogP contribution in [0.3, 0.4) is 0 Å². The molecule has 0 aromatic heterocycles. The van der Waals surface area contributed by atoms with Gasteiger partial charge in [-0.1, -0.05) is 26.2 Å². The van der Waals surface area contributed by atoms with Crippen molar-refractivity contribution >= 4 is 23.2 Å². The molecule has 1 atom stereocenters. The molecule has 0 radical (unpaired) electrons. The minimum Gasteiger partial charge on any atom is -0.490 e. The Morgan fingerprint density at radius 1 is 1.12 bits per heavy atom. The molecule has 16 heavy (non-hydrogen) atoms. The molecule has 0 spiro atoms. The molecule has 1 unspecified atom stereocenters. The quantitative estimate of drug-likeness (QED) is 0.374. The van der Waals surface area contributed by atoms with Crippen LogP contribution >= 0.6 is 12.2 Å². The summed E-state index contributed by atoms with van der Waals surface area (Å²) in [5.41, 5.74) is 0. The topological polar surface area (TPSA) is 35.5 Å². The van der Waals surface area contributed by atoms with E-state index in [-0.39, 0.29) is 5.97 Å². The summed E-state index contributed by atoms with van der Waals surface area (Å²) >= 11 is 5.05. The summed E-state index contributed by atoms with van der Waals surface area (Å²) in [4.78, 5) is 10.8. The molecule has 0 aliphatic rings. The molecule has 0 fully saturated rings. The summed E-state index contributed by atoms with van der Waals surface area (Å²) in [7, 11) is 3.05. The molecular formula is C12H22O3S. The predicted molar refractivity (Wildman–Crippen MR) is 68.5 cm³/mol. The monoisotopic (exact) mass is 246 g/mol. The Balaban J connectivity index is 3.33. The van der Waals surface area contributed by atoms with Gasteiger partial charge in [-0.15, -0.1) is 0 Å². The minimum absolute atomic E-state index is 0.117. The Kier molecular flexibility index (Phi) is 9.19. The molecule has 0 saturated heterocycles. The van der Waals surface area contributed by atoms with Crippen molar-refractivity contribution in [3.05, 3.63) is 0 Å². The SMILES string of the molecule is COC(=O)CCCCCCC(C)C(=S)OC. The molecule has 94 valence electrons. The van der Waals surface area contributed by atoms with Crippen LogP contribution in [0, 0.1) is 5.92 Å². The zero-order valence-electron chi connectivity index (χ0n) is 10.5. The van der Waals surface area contributed by atoms with E-state index < -0.39 is 0 Å². The number of unbranched alkanes of at least 4 members (excludes halogenated alkanes) is 3. The van der Waals surface area contributed by atoms with Crippen molar-refractivity contribution in [1.82, 2.24) is 0 Å². The fourth-order valence-electron chi connectivity index (χ4n) is 1.49. The van der Waals surface area contributed by atoms with E-state index in [4.69, 9.17) is 17.0 Å². The number of carbonyl (C=O) groups is 1. The summed E-state index contributed by atoms with van der Waals surface area (Å²) in [6.07, 6.45) is 5.84. The number of rotatable bonds is 8. The number of hydrogen-bond acceptors (Lipinski definition) is 4. The first-order chi connectivity index (χ1) is 7.61. The molecule has 0 N–H and O–H groups in total. The average Bonchev–Trinajstić information content (AvgIpc) is 2.31. The number of thiocarbonyl (C=S) groups is 1. The van der Waals surface area contributed by atoms with E-state index in [1.54, 1.807) is 7.11 Å². The van der Waals surface area contributed by atoms with E-state index in [9.17, 15) is 4.79 Å². The van der Waals surface area contributed by atoms with Crippen molar-refractivity contribution in [3.8, 4) is 0 Å². The summed E-state index contributed by atoms with van der Waals surface area (Å²) in [5.74, 6) is 0.231. The molecule has 0 aromatic rings. The second kappa shape index (κ2) is 9.58. The van der Waals surface area contributed by atoms with Gasteiger partial charge in [-0.3, -0.25) is 4.79 Å². The molecule has 0 amide bonds. The van der Waals surface area contributed by atoms with Crippen LogP contribution in [0.1, 0.15) is 45.4 Å². The van der Waals surface area contributed by atoms with Crippen LogP contribution in [0.15, 0.2) is 0 Å². The fraction of sp³-hybridized carbons (Fsp3) is 0.833. The number of ether oxygens (including phenoxy) is 2. The summed E-state index contributed by atoms with van der Waals surface area (Å²) in [5, 5.41) is 0.689. The Labute approximate surface area is 104 Å². The molecule has 0 aliphatic carbocycles. The normalized spacial score (nSPS) is 11.9. The zero-order chi connectivity index (χ0) is 12.4. The summed E-state index contributed by atoms with van der Waals surface area (Å²) < 4.78 is 9.57. The van der Waals surface area contributed by atoms with Crippen LogP contribution < -0.4 is 0 Å². The first-order valence-electron chi connectivity index (χ1n) is 5.76. The number of methoxy groups -OCH3 is 2. The largest absolute Gasteiger partial charge is 0.490 e. The van der Waals surface area contributed by atoms with Gasteiger partial charge >= 0.3 is 5.97 Å². The van der Waals surface area contributed by atoms with Crippen molar-refractivity contribution in [1.29, 1.82) is 0 Å². The average molecular weight is 246 g/mol. The Morgan fingerprint density at radius 3 is 2.31 bits per heavy atom. The van der Waals surface area contributed by atoms with Gasteiger partial charge in [0.15, 0.2) is 5.05 Å². The molecule has 0 saturated carbocycles. The molecule has 0 heterocycles. The predicted octanol–water partition coefficient (Wildman–Crippen LogP) is 3.11. The second-order valence-corrected chi connectivity index (χ2v) is 4.36. The van der Waals surface area contributed by atoms with Crippen LogP contribution in [-0.4, -0.2) is 25.2 Å². The maximum absolute atomic E-state index is 10.8. The number of hydrogen-bond donors (Lipinski definition) is 0. The third-order valence-electron chi connectivity index (χ3n) is 2.60. The van der Waals surface area contributed by atoms with Gasteiger partial charge in [-0.2, -0.15) is 0 Å². The van der Waals surface area contributed by atoms with Gasteiger partial charge in [0.2, 0.25) is 0 Å². The maximum Gasteiger partial charge on any atom is 0.305 e. The molecule has 4 heteroatoms. The number of carbonyl (C=O) groups excluding carboxylic acids is 1. The van der Waals surface area contributed by atoms with Crippen LogP contribution in [0.5, 0.6) is 0 Å². The molecule has 0 rings (SSSR count). The van der Waals surface area contributed by atoms with Gasteiger partial charge in [-0.05, 0) is 25.1 Å². The molecular weight excluding hydrogens is 224 g/mol. The van der Waals surface area contributed by atoms with Crippen molar-refractivity contribution < 1.29 is 14.3 Å². The van der Waals surface area contributed by atoms with Crippen molar-refractivity contribution in [2.24, 2.45) is 5.92 Å². The van der Waals surface area contributed by atoms with E-state index >= 15 is 0 Å². The first-order valence-corrected chi connectivity index (χ1v) is 6.17. The summed E-state index contributed by atoms with van der Waals surface area (Å²) in [6, 6.07) is 0. The molecule has 0 aliphatic heterocycles. The van der Waals surface area contributed by atoms with E-state index in [1.807, 2.05) is 0 Å². The first kappa shape index (κ1) is 15.4. The van der Waals surface area contributed by atoms with Crippen LogP contribution in [-0.2, 0) is 14.3 Å². The maximum atomic E-state index is 10.8. The van der Waals surface area contributed by atoms with E-state index in [0.29, 0.717) is 17.4 Å². The zero-order valence-corrected chi connectivity index (χ0v) is 11.3. The van der Waals surface area contributed by atoms with E-state index in [2.05, 4.69) is 11.7 Å². The highest BCUT2D eigenvalue weighted by molar-refractivity contribution is 7.80. The lowest BCUT2D eigenvalue weighted by atomic mass is 10.0. The Morgan fingerprint density at radius 2 is 1.75 bits per heavy atom. The van der Waals surface area contributed by atoms with Gasteiger partial charge < -0.3 is 9.47 Å². The highest BCUT2D eigenvalue weighted by atomic mass is 32.1. The molecule has 0 aromatic carbocycles. The minimum atomic E-state index is -0.117. The van der Waals surface area contributed by atoms with Gasteiger partial charge in [0.25, 0.3) is 0 Å². The van der Waals surface area contributed by atoms with Gasteiger partial charge in [0.1, 0.15) is 0 Å². The smallest absolute Gasteiger partial charge is 0.305 e. The lowest BCUT2D eigenvalue weighted by Crippen LogP contribution is -2.10. The Hall–Kier alpha value is -0.640. The van der Waals surface area contributed by atoms with E-state index in [0.717, 1.165) is 32.1 Å². The third kappa shape index (κ3) is 7.63. The lowest BCUT2D eigenvalue weighted by Gasteiger charge is -2.10. The number of esters is 1. The highest BCUT2D eigenvalue weighted by Gasteiger charge is 2.07. The van der Waals surface area contributed by atoms with Crippen molar-refractivity contribution in [3.63, 3.8) is 0 Å². The lowest BCUT2D eigenvalue weighted by molar-refractivity contribution is -0.140.